The fourth-order valence-corrected chi connectivity index (χ4v) is 3.90. The first-order valence-electron chi connectivity index (χ1n) is 9.96. The van der Waals surface area contributed by atoms with Crippen LogP contribution in [0.4, 0.5) is 10.2 Å². The van der Waals surface area contributed by atoms with E-state index in [9.17, 15) is 9.18 Å². The van der Waals surface area contributed by atoms with Crippen molar-refractivity contribution in [2.24, 2.45) is 0 Å². The molecule has 3 N–H and O–H groups in total. The Labute approximate surface area is 172 Å². The summed E-state index contributed by atoms with van der Waals surface area (Å²) in [4.78, 5) is 22.1. The van der Waals surface area contributed by atoms with Gasteiger partial charge in [0.15, 0.2) is 5.82 Å². The lowest BCUT2D eigenvalue weighted by Crippen LogP contribution is -2.48. The standard InChI is InChI=1S/C22H21FN6O/c23-16-6-3-14(4-7-16)19-11-21(28-27-19)29-9-1-2-17(12-29)26-22(30)15-5-8-18-20(10-15)25-13-24-18/h3-8,10-11,13,17H,1-2,9,12H2,(H,24,25)(H,26,30)(H,27,28)/t17-/m0/s1. The second kappa shape index (κ2) is 7.62. The molecule has 30 heavy (non-hydrogen) atoms. The molecule has 1 amide bonds. The van der Waals surface area contributed by atoms with Gasteiger partial charge in [0.25, 0.3) is 5.91 Å². The van der Waals surface area contributed by atoms with Gasteiger partial charge in [-0.1, -0.05) is 0 Å². The molecule has 1 aliphatic heterocycles. The summed E-state index contributed by atoms with van der Waals surface area (Å²) in [7, 11) is 0. The summed E-state index contributed by atoms with van der Waals surface area (Å²) in [5.41, 5.74) is 4.01. The quantitative estimate of drug-likeness (QED) is 0.486. The maximum atomic E-state index is 13.2. The molecule has 2 aromatic carbocycles. The number of nitrogens with zero attached hydrogens (tertiary/aromatic N) is 3. The zero-order chi connectivity index (χ0) is 20.5. The largest absolute Gasteiger partial charge is 0.353 e. The molecule has 0 spiro atoms. The molecule has 152 valence electrons. The Hall–Kier alpha value is -3.68. The van der Waals surface area contributed by atoms with Crippen molar-refractivity contribution in [3.63, 3.8) is 0 Å². The number of carbonyl (C=O) groups is 1. The highest BCUT2D eigenvalue weighted by atomic mass is 19.1. The maximum Gasteiger partial charge on any atom is 0.251 e. The molecule has 0 saturated carbocycles. The lowest BCUT2D eigenvalue weighted by Gasteiger charge is -2.33. The Bertz CT molecular complexity index is 1180. The fourth-order valence-electron chi connectivity index (χ4n) is 3.90. The second-order valence-corrected chi connectivity index (χ2v) is 7.54. The SMILES string of the molecule is O=C(N[C@H]1CCCN(c2cc(-c3ccc(F)cc3)[nH]n2)C1)c1ccc2nc[nH]c2c1. The Balaban J connectivity index is 1.26. The number of H-pyrrole nitrogens is 2. The fraction of sp³-hybridized carbons (Fsp3) is 0.227. The molecule has 0 aliphatic carbocycles. The van der Waals surface area contributed by atoms with Crippen LogP contribution in [0, 0.1) is 5.82 Å². The number of anilines is 1. The third-order valence-corrected chi connectivity index (χ3v) is 5.48. The van der Waals surface area contributed by atoms with Gasteiger partial charge in [0.05, 0.1) is 23.1 Å². The average molecular weight is 404 g/mol. The number of hydrogen-bond donors (Lipinski definition) is 3. The molecule has 0 radical (unpaired) electrons. The number of carbonyl (C=O) groups excluding carboxylic acids is 1. The van der Waals surface area contributed by atoms with E-state index in [2.05, 4.69) is 30.4 Å². The van der Waals surface area contributed by atoms with Gasteiger partial charge in [-0.15, -0.1) is 0 Å². The monoisotopic (exact) mass is 404 g/mol. The predicted octanol–water partition coefficient (Wildman–Crippen LogP) is 3.49. The number of amides is 1. The zero-order valence-electron chi connectivity index (χ0n) is 16.2. The summed E-state index contributed by atoms with van der Waals surface area (Å²) < 4.78 is 13.2. The van der Waals surface area contributed by atoms with E-state index in [1.54, 1.807) is 24.5 Å². The van der Waals surface area contributed by atoms with Crippen molar-refractivity contribution in [1.29, 1.82) is 0 Å². The smallest absolute Gasteiger partial charge is 0.251 e. The Morgan fingerprint density at radius 3 is 2.90 bits per heavy atom. The molecule has 7 nitrogen and oxygen atoms in total. The molecule has 1 aliphatic rings. The zero-order valence-corrected chi connectivity index (χ0v) is 16.2. The molecule has 0 unspecified atom stereocenters. The molecule has 1 saturated heterocycles. The van der Waals surface area contributed by atoms with E-state index in [0.717, 1.165) is 47.5 Å². The summed E-state index contributed by atoms with van der Waals surface area (Å²) in [6.07, 6.45) is 3.50. The van der Waals surface area contributed by atoms with Crippen LogP contribution < -0.4 is 10.2 Å². The number of piperidine rings is 1. The van der Waals surface area contributed by atoms with E-state index in [1.807, 2.05) is 18.2 Å². The molecule has 5 rings (SSSR count). The van der Waals surface area contributed by atoms with E-state index in [-0.39, 0.29) is 17.8 Å². The van der Waals surface area contributed by atoms with Crippen molar-refractivity contribution in [2.45, 2.75) is 18.9 Å². The highest BCUT2D eigenvalue weighted by Gasteiger charge is 2.24. The van der Waals surface area contributed by atoms with E-state index < -0.39 is 0 Å². The summed E-state index contributed by atoms with van der Waals surface area (Å²) in [5, 5.41) is 10.6. The topological polar surface area (TPSA) is 89.7 Å². The van der Waals surface area contributed by atoms with Crippen molar-refractivity contribution in [3.05, 3.63) is 66.2 Å². The number of halogens is 1. The molecule has 3 heterocycles. The third-order valence-electron chi connectivity index (χ3n) is 5.48. The van der Waals surface area contributed by atoms with Gasteiger partial charge in [-0.2, -0.15) is 5.10 Å². The van der Waals surface area contributed by atoms with Crippen LogP contribution in [0.3, 0.4) is 0 Å². The van der Waals surface area contributed by atoms with Crippen molar-refractivity contribution in [3.8, 4) is 11.3 Å². The highest BCUT2D eigenvalue weighted by Crippen LogP contribution is 2.24. The number of fused-ring (bicyclic) bond motifs is 1. The Kier molecular flexibility index (Phi) is 4.66. The minimum absolute atomic E-state index is 0.0367. The first-order valence-corrected chi connectivity index (χ1v) is 9.96. The number of rotatable bonds is 4. The lowest BCUT2D eigenvalue weighted by atomic mass is 10.0. The molecule has 1 fully saturated rings. The van der Waals surface area contributed by atoms with Crippen LogP contribution >= 0.6 is 0 Å². The first-order chi connectivity index (χ1) is 14.7. The van der Waals surface area contributed by atoms with Gasteiger partial charge < -0.3 is 15.2 Å². The highest BCUT2D eigenvalue weighted by molar-refractivity contribution is 5.97. The number of benzene rings is 2. The van der Waals surface area contributed by atoms with Crippen LogP contribution in [0.15, 0.2) is 54.9 Å². The van der Waals surface area contributed by atoms with Crippen molar-refractivity contribution in [2.75, 3.05) is 18.0 Å². The van der Waals surface area contributed by atoms with Gasteiger partial charge in [-0.3, -0.25) is 9.89 Å². The molecule has 4 aromatic rings. The van der Waals surface area contributed by atoms with Crippen LogP contribution in [0.1, 0.15) is 23.2 Å². The molecular formula is C22H21FN6O. The van der Waals surface area contributed by atoms with E-state index in [4.69, 9.17) is 0 Å². The van der Waals surface area contributed by atoms with Gasteiger partial charge >= 0.3 is 0 Å². The van der Waals surface area contributed by atoms with Gasteiger partial charge in [0, 0.05) is 30.8 Å². The Morgan fingerprint density at radius 2 is 2.03 bits per heavy atom. The molecule has 8 heteroatoms. The van der Waals surface area contributed by atoms with Crippen molar-refractivity contribution >= 4 is 22.8 Å². The van der Waals surface area contributed by atoms with Crippen LogP contribution in [0.2, 0.25) is 0 Å². The lowest BCUT2D eigenvalue weighted by molar-refractivity contribution is 0.0933. The minimum atomic E-state index is -0.264. The number of aromatic amines is 2. The average Bonchev–Trinajstić information content (AvgIpc) is 3.44. The van der Waals surface area contributed by atoms with E-state index in [1.165, 1.54) is 12.1 Å². The maximum absolute atomic E-state index is 13.2. The van der Waals surface area contributed by atoms with Crippen molar-refractivity contribution in [1.82, 2.24) is 25.5 Å². The van der Waals surface area contributed by atoms with Crippen LogP contribution in [-0.2, 0) is 0 Å². The summed E-state index contributed by atoms with van der Waals surface area (Å²) in [5.74, 6) is 0.472. The first kappa shape index (κ1) is 18.4. The van der Waals surface area contributed by atoms with E-state index >= 15 is 0 Å². The third kappa shape index (κ3) is 3.63. The number of hydrogen-bond acceptors (Lipinski definition) is 4. The van der Waals surface area contributed by atoms with Crippen LogP contribution in [0.25, 0.3) is 22.3 Å². The van der Waals surface area contributed by atoms with Crippen LogP contribution in [-0.4, -0.2) is 45.2 Å². The molecule has 2 aromatic heterocycles. The molecular weight excluding hydrogens is 383 g/mol. The summed E-state index contributed by atoms with van der Waals surface area (Å²) >= 11 is 0. The predicted molar refractivity (Wildman–Crippen MR) is 113 cm³/mol. The van der Waals surface area contributed by atoms with Gasteiger partial charge in [-0.25, -0.2) is 9.37 Å². The Morgan fingerprint density at radius 1 is 1.17 bits per heavy atom. The van der Waals surface area contributed by atoms with E-state index in [0.29, 0.717) is 12.1 Å². The summed E-state index contributed by atoms with van der Waals surface area (Å²) in [6.45, 7) is 1.56. The molecule has 0 bridgehead atoms. The van der Waals surface area contributed by atoms with Gasteiger partial charge in [0.1, 0.15) is 5.82 Å². The van der Waals surface area contributed by atoms with Crippen LogP contribution in [0.5, 0.6) is 0 Å². The number of nitrogens with one attached hydrogen (secondary N) is 3. The normalized spacial score (nSPS) is 16.7. The van der Waals surface area contributed by atoms with Gasteiger partial charge in [-0.05, 0) is 60.9 Å². The van der Waals surface area contributed by atoms with Crippen molar-refractivity contribution < 1.29 is 9.18 Å². The van der Waals surface area contributed by atoms with Gasteiger partial charge in [0.2, 0.25) is 0 Å². The number of imidazole rings is 1. The number of aromatic nitrogens is 4. The summed E-state index contributed by atoms with van der Waals surface area (Å²) in [6, 6.07) is 13.8. The molecule has 1 atom stereocenters. The minimum Gasteiger partial charge on any atom is -0.353 e. The second-order valence-electron chi connectivity index (χ2n) is 7.54.